The Morgan fingerprint density at radius 2 is 2.29 bits per heavy atom. The maximum Gasteiger partial charge on any atom is 0.287 e. The standard InChI is InChI=1S/C14H16N4O3/c1-14(13(19)16-2)5-6-17(9-14)11-3-4-12(18(20)21)10(7-11)8-15/h3-4,7H,5-6,9H2,1-2H3,(H,16,19). The normalized spacial score (nSPS) is 20.9. The number of anilines is 1. The van der Waals surface area contributed by atoms with Gasteiger partial charge >= 0.3 is 0 Å². The summed E-state index contributed by atoms with van der Waals surface area (Å²) in [4.78, 5) is 24.1. The Morgan fingerprint density at radius 1 is 1.57 bits per heavy atom. The summed E-state index contributed by atoms with van der Waals surface area (Å²) in [5.74, 6) is -0.0209. The Labute approximate surface area is 122 Å². The van der Waals surface area contributed by atoms with Gasteiger partial charge in [0.2, 0.25) is 5.91 Å². The number of rotatable bonds is 3. The van der Waals surface area contributed by atoms with Crippen molar-refractivity contribution in [2.24, 2.45) is 5.41 Å². The van der Waals surface area contributed by atoms with Crippen molar-refractivity contribution in [1.29, 1.82) is 5.26 Å². The lowest BCUT2D eigenvalue weighted by Crippen LogP contribution is -2.39. The lowest BCUT2D eigenvalue weighted by Gasteiger charge is -2.24. The first-order valence-electron chi connectivity index (χ1n) is 6.57. The molecule has 1 aromatic rings. The van der Waals surface area contributed by atoms with Crippen LogP contribution in [0.5, 0.6) is 0 Å². The van der Waals surface area contributed by atoms with E-state index in [0.29, 0.717) is 19.5 Å². The molecule has 2 rings (SSSR count). The van der Waals surface area contributed by atoms with Crippen LogP contribution in [-0.4, -0.2) is 31.0 Å². The van der Waals surface area contributed by atoms with Crippen molar-refractivity contribution in [3.63, 3.8) is 0 Å². The van der Waals surface area contributed by atoms with E-state index < -0.39 is 10.3 Å². The lowest BCUT2D eigenvalue weighted by molar-refractivity contribution is -0.385. The summed E-state index contributed by atoms with van der Waals surface area (Å²) in [6.45, 7) is 3.09. The van der Waals surface area contributed by atoms with Gasteiger partial charge in [0, 0.05) is 31.9 Å². The van der Waals surface area contributed by atoms with Crippen molar-refractivity contribution in [3.8, 4) is 6.07 Å². The van der Waals surface area contributed by atoms with E-state index in [9.17, 15) is 14.9 Å². The summed E-state index contributed by atoms with van der Waals surface area (Å²) in [5.41, 5.74) is 0.0777. The summed E-state index contributed by atoms with van der Waals surface area (Å²) in [6.07, 6.45) is 0.700. The second kappa shape index (κ2) is 5.40. The number of nitriles is 1. The molecule has 1 saturated heterocycles. The molecule has 21 heavy (non-hydrogen) atoms. The molecule has 0 saturated carbocycles. The van der Waals surface area contributed by atoms with Gasteiger partial charge in [0.1, 0.15) is 11.6 Å². The molecular weight excluding hydrogens is 272 g/mol. The topological polar surface area (TPSA) is 99.3 Å². The van der Waals surface area contributed by atoms with E-state index in [1.807, 2.05) is 17.9 Å². The summed E-state index contributed by atoms with van der Waals surface area (Å²) in [5, 5.41) is 22.5. The average Bonchev–Trinajstić information content (AvgIpc) is 2.89. The smallest absolute Gasteiger partial charge is 0.287 e. The monoisotopic (exact) mass is 288 g/mol. The van der Waals surface area contributed by atoms with Crippen LogP contribution >= 0.6 is 0 Å². The molecule has 1 atom stereocenters. The van der Waals surface area contributed by atoms with E-state index in [2.05, 4.69) is 5.32 Å². The largest absolute Gasteiger partial charge is 0.370 e. The molecule has 0 aliphatic carbocycles. The van der Waals surface area contributed by atoms with Crippen LogP contribution in [0.2, 0.25) is 0 Å². The van der Waals surface area contributed by atoms with Crippen molar-refractivity contribution in [1.82, 2.24) is 5.32 Å². The number of nitrogens with zero attached hydrogens (tertiary/aromatic N) is 3. The Hall–Kier alpha value is -2.62. The molecule has 1 amide bonds. The van der Waals surface area contributed by atoms with Gasteiger partial charge in [-0.05, 0) is 25.5 Å². The Balaban J connectivity index is 2.27. The van der Waals surface area contributed by atoms with Crippen LogP contribution in [0, 0.1) is 26.9 Å². The zero-order chi connectivity index (χ0) is 15.6. The van der Waals surface area contributed by atoms with Gasteiger partial charge in [-0.25, -0.2) is 0 Å². The fraction of sp³-hybridized carbons (Fsp3) is 0.429. The number of nitro benzene ring substituents is 1. The van der Waals surface area contributed by atoms with Crippen molar-refractivity contribution in [2.45, 2.75) is 13.3 Å². The molecule has 1 N–H and O–H groups in total. The third kappa shape index (κ3) is 2.65. The molecule has 0 radical (unpaired) electrons. The van der Waals surface area contributed by atoms with Gasteiger partial charge in [0.25, 0.3) is 5.69 Å². The first-order chi connectivity index (χ1) is 9.91. The maximum absolute atomic E-state index is 11.9. The molecule has 1 unspecified atom stereocenters. The maximum atomic E-state index is 11.9. The molecule has 0 bridgehead atoms. The van der Waals surface area contributed by atoms with E-state index in [0.717, 1.165) is 5.69 Å². The molecule has 0 spiro atoms. The number of hydrogen-bond acceptors (Lipinski definition) is 5. The number of amides is 1. The predicted octanol–water partition coefficient (Wildman–Crippen LogP) is 1.43. The number of benzene rings is 1. The predicted molar refractivity (Wildman–Crippen MR) is 76.8 cm³/mol. The number of hydrogen-bond donors (Lipinski definition) is 1. The molecule has 1 heterocycles. The van der Waals surface area contributed by atoms with Crippen LogP contribution in [0.25, 0.3) is 0 Å². The zero-order valence-electron chi connectivity index (χ0n) is 11.9. The van der Waals surface area contributed by atoms with E-state index in [1.165, 1.54) is 12.1 Å². The second-order valence-corrected chi connectivity index (χ2v) is 5.38. The fourth-order valence-electron chi connectivity index (χ4n) is 2.64. The number of carbonyl (C=O) groups excluding carboxylic acids is 1. The Morgan fingerprint density at radius 3 is 2.86 bits per heavy atom. The lowest BCUT2D eigenvalue weighted by atomic mass is 9.89. The van der Waals surface area contributed by atoms with Crippen molar-refractivity contribution >= 4 is 17.3 Å². The van der Waals surface area contributed by atoms with E-state index in [4.69, 9.17) is 5.26 Å². The van der Waals surface area contributed by atoms with E-state index in [-0.39, 0.29) is 17.2 Å². The quantitative estimate of drug-likeness (QED) is 0.670. The Bertz CT molecular complexity index is 638. The highest BCUT2D eigenvalue weighted by atomic mass is 16.6. The number of carbonyl (C=O) groups is 1. The molecule has 1 aliphatic rings. The van der Waals surface area contributed by atoms with E-state index in [1.54, 1.807) is 13.1 Å². The first kappa shape index (κ1) is 14.8. The van der Waals surface area contributed by atoms with Crippen LogP contribution < -0.4 is 10.2 Å². The summed E-state index contributed by atoms with van der Waals surface area (Å²) in [7, 11) is 1.61. The summed E-state index contributed by atoms with van der Waals surface area (Å²) < 4.78 is 0. The third-order valence-electron chi connectivity index (χ3n) is 3.91. The van der Waals surface area contributed by atoms with Gasteiger partial charge in [-0.2, -0.15) is 5.26 Å². The molecule has 0 aromatic heterocycles. The highest BCUT2D eigenvalue weighted by Gasteiger charge is 2.40. The minimum Gasteiger partial charge on any atom is -0.370 e. The molecule has 1 aromatic carbocycles. The van der Waals surface area contributed by atoms with Crippen LogP contribution in [0.1, 0.15) is 18.9 Å². The van der Waals surface area contributed by atoms with Crippen LogP contribution in [-0.2, 0) is 4.79 Å². The van der Waals surface area contributed by atoms with Gasteiger partial charge in [-0.15, -0.1) is 0 Å². The molecule has 1 aliphatic heterocycles. The SMILES string of the molecule is CNC(=O)C1(C)CCN(c2ccc([N+](=O)[O-])c(C#N)c2)C1. The minimum atomic E-state index is -0.568. The third-order valence-corrected chi connectivity index (χ3v) is 3.91. The molecule has 110 valence electrons. The van der Waals surface area contributed by atoms with Crippen molar-refractivity contribution in [2.75, 3.05) is 25.0 Å². The van der Waals surface area contributed by atoms with Crippen LogP contribution in [0.4, 0.5) is 11.4 Å². The van der Waals surface area contributed by atoms with Gasteiger partial charge in [0.05, 0.1) is 10.3 Å². The van der Waals surface area contributed by atoms with Gasteiger partial charge in [-0.3, -0.25) is 14.9 Å². The zero-order valence-corrected chi connectivity index (χ0v) is 11.9. The van der Waals surface area contributed by atoms with Gasteiger partial charge < -0.3 is 10.2 Å². The Kier molecular flexibility index (Phi) is 3.80. The minimum absolute atomic E-state index is 0.0209. The molecule has 1 fully saturated rings. The fourth-order valence-corrected chi connectivity index (χ4v) is 2.64. The highest BCUT2D eigenvalue weighted by Crippen LogP contribution is 2.34. The number of nitro groups is 1. The number of nitrogens with one attached hydrogen (secondary N) is 1. The van der Waals surface area contributed by atoms with E-state index >= 15 is 0 Å². The van der Waals surface area contributed by atoms with Crippen LogP contribution in [0.15, 0.2) is 18.2 Å². The second-order valence-electron chi connectivity index (χ2n) is 5.38. The first-order valence-corrected chi connectivity index (χ1v) is 6.57. The van der Waals surface area contributed by atoms with Crippen LogP contribution in [0.3, 0.4) is 0 Å². The van der Waals surface area contributed by atoms with Crippen molar-refractivity contribution in [3.05, 3.63) is 33.9 Å². The molecule has 7 heteroatoms. The van der Waals surface area contributed by atoms with Gasteiger partial charge in [-0.1, -0.05) is 0 Å². The average molecular weight is 288 g/mol. The van der Waals surface area contributed by atoms with Crippen molar-refractivity contribution < 1.29 is 9.72 Å². The van der Waals surface area contributed by atoms with Gasteiger partial charge in [0.15, 0.2) is 0 Å². The molecular formula is C14H16N4O3. The summed E-state index contributed by atoms with van der Waals surface area (Å²) >= 11 is 0. The summed E-state index contributed by atoms with van der Waals surface area (Å²) in [6, 6.07) is 6.31. The molecule has 7 nitrogen and oxygen atoms in total. The highest BCUT2D eigenvalue weighted by molar-refractivity contribution is 5.83.